The van der Waals surface area contributed by atoms with Gasteiger partial charge in [0.1, 0.15) is 11.5 Å². The Morgan fingerprint density at radius 1 is 1.00 bits per heavy atom. The summed E-state index contributed by atoms with van der Waals surface area (Å²) in [5.41, 5.74) is 2.08. The average Bonchev–Trinajstić information content (AvgIpc) is 2.37. The van der Waals surface area contributed by atoms with Gasteiger partial charge in [-0.15, -0.1) is 0 Å². The Hall–Kier alpha value is -1.96. The number of phenolic OH excluding ortho intramolecular Hbond substituents is 1. The molecule has 88 valence electrons. The molecule has 1 N–H and O–H groups in total. The summed E-state index contributed by atoms with van der Waals surface area (Å²) in [4.78, 5) is 0. The van der Waals surface area contributed by atoms with Crippen LogP contribution in [0.2, 0.25) is 0 Å². The first kappa shape index (κ1) is 11.5. The summed E-state index contributed by atoms with van der Waals surface area (Å²) in [6, 6.07) is 15.1. The van der Waals surface area contributed by atoms with E-state index >= 15 is 0 Å². The van der Waals surface area contributed by atoms with Gasteiger partial charge in [0, 0.05) is 0 Å². The van der Waals surface area contributed by atoms with E-state index in [1.54, 1.807) is 12.1 Å². The van der Waals surface area contributed by atoms with Crippen molar-refractivity contribution in [2.75, 3.05) is 6.61 Å². The molecule has 0 spiro atoms. The van der Waals surface area contributed by atoms with Gasteiger partial charge in [0.15, 0.2) is 0 Å². The predicted molar refractivity (Wildman–Crippen MR) is 69.3 cm³/mol. The molecule has 2 heteroatoms. The molecule has 17 heavy (non-hydrogen) atoms. The molecule has 0 aliphatic heterocycles. The molecule has 2 rings (SSSR count). The van der Waals surface area contributed by atoms with Gasteiger partial charge < -0.3 is 9.84 Å². The fourth-order valence-corrected chi connectivity index (χ4v) is 1.65. The molecule has 0 atom stereocenters. The third kappa shape index (κ3) is 3.00. The van der Waals surface area contributed by atoms with Crippen molar-refractivity contribution in [3.05, 3.63) is 48.5 Å². The predicted octanol–water partition coefficient (Wildman–Crippen LogP) is 3.85. The lowest BCUT2D eigenvalue weighted by Gasteiger charge is -2.06. The third-order valence-corrected chi connectivity index (χ3v) is 2.51. The van der Waals surface area contributed by atoms with Crippen LogP contribution in [0.15, 0.2) is 48.5 Å². The van der Waals surface area contributed by atoms with Gasteiger partial charge >= 0.3 is 0 Å². The van der Waals surface area contributed by atoms with Crippen molar-refractivity contribution in [1.82, 2.24) is 0 Å². The number of ether oxygens (including phenoxy) is 1. The Kier molecular flexibility index (Phi) is 3.66. The second-order valence-corrected chi connectivity index (χ2v) is 3.92. The Morgan fingerprint density at radius 2 is 1.76 bits per heavy atom. The summed E-state index contributed by atoms with van der Waals surface area (Å²) < 4.78 is 5.52. The molecule has 0 amide bonds. The highest BCUT2D eigenvalue weighted by Crippen LogP contribution is 2.25. The van der Waals surface area contributed by atoms with Crippen molar-refractivity contribution in [1.29, 1.82) is 0 Å². The molecular weight excluding hydrogens is 212 g/mol. The van der Waals surface area contributed by atoms with Crippen LogP contribution in [0.1, 0.15) is 13.3 Å². The highest BCUT2D eigenvalue weighted by molar-refractivity contribution is 5.65. The number of hydrogen-bond acceptors (Lipinski definition) is 2. The molecular formula is C15H16O2. The van der Waals surface area contributed by atoms with Crippen LogP contribution in [-0.2, 0) is 0 Å². The van der Waals surface area contributed by atoms with E-state index in [2.05, 4.69) is 6.92 Å². The fraction of sp³-hybridized carbons (Fsp3) is 0.200. The molecule has 0 aliphatic carbocycles. The Bertz CT molecular complexity index is 475. The molecule has 0 aliphatic rings. The Balaban J connectivity index is 2.17. The SMILES string of the molecule is CCCOc1ccc(-c2cccc(O)c2)cc1. The number of phenols is 1. The zero-order chi connectivity index (χ0) is 12.1. The minimum atomic E-state index is 0.286. The van der Waals surface area contributed by atoms with Crippen LogP contribution in [0.3, 0.4) is 0 Å². The summed E-state index contributed by atoms with van der Waals surface area (Å²) in [6.45, 7) is 2.83. The van der Waals surface area contributed by atoms with E-state index in [0.29, 0.717) is 0 Å². The van der Waals surface area contributed by atoms with Gasteiger partial charge in [0.05, 0.1) is 6.61 Å². The van der Waals surface area contributed by atoms with E-state index in [-0.39, 0.29) is 5.75 Å². The lowest BCUT2D eigenvalue weighted by Crippen LogP contribution is -1.94. The maximum absolute atomic E-state index is 9.42. The monoisotopic (exact) mass is 228 g/mol. The molecule has 0 bridgehead atoms. The van der Waals surface area contributed by atoms with Crippen molar-refractivity contribution in [2.45, 2.75) is 13.3 Å². The average molecular weight is 228 g/mol. The van der Waals surface area contributed by atoms with Gasteiger partial charge in [-0.05, 0) is 41.8 Å². The molecule has 0 aromatic heterocycles. The molecule has 0 unspecified atom stereocenters. The van der Waals surface area contributed by atoms with Crippen molar-refractivity contribution in [3.63, 3.8) is 0 Å². The van der Waals surface area contributed by atoms with Crippen LogP contribution in [0, 0.1) is 0 Å². The summed E-state index contributed by atoms with van der Waals surface area (Å²) in [6.07, 6.45) is 1.01. The standard InChI is InChI=1S/C15H16O2/c1-2-10-17-15-8-6-12(7-9-15)13-4-3-5-14(16)11-13/h3-9,11,16H,2,10H2,1H3. The van der Waals surface area contributed by atoms with E-state index in [9.17, 15) is 5.11 Å². The fourth-order valence-electron chi connectivity index (χ4n) is 1.65. The summed E-state index contributed by atoms with van der Waals surface area (Å²) in [5, 5.41) is 9.42. The van der Waals surface area contributed by atoms with Gasteiger partial charge in [-0.1, -0.05) is 31.2 Å². The summed E-state index contributed by atoms with van der Waals surface area (Å²) in [5.74, 6) is 1.17. The number of rotatable bonds is 4. The first-order valence-corrected chi connectivity index (χ1v) is 5.82. The van der Waals surface area contributed by atoms with Gasteiger partial charge in [0.2, 0.25) is 0 Å². The van der Waals surface area contributed by atoms with Crippen LogP contribution in [-0.4, -0.2) is 11.7 Å². The van der Waals surface area contributed by atoms with Gasteiger partial charge in [0.25, 0.3) is 0 Å². The van der Waals surface area contributed by atoms with Crippen LogP contribution in [0.5, 0.6) is 11.5 Å². The van der Waals surface area contributed by atoms with Crippen LogP contribution in [0.4, 0.5) is 0 Å². The molecule has 2 nitrogen and oxygen atoms in total. The van der Waals surface area contributed by atoms with E-state index in [1.807, 2.05) is 36.4 Å². The van der Waals surface area contributed by atoms with E-state index in [4.69, 9.17) is 4.74 Å². The lowest BCUT2D eigenvalue weighted by molar-refractivity contribution is 0.317. The Morgan fingerprint density at radius 3 is 2.41 bits per heavy atom. The molecule has 0 saturated carbocycles. The maximum Gasteiger partial charge on any atom is 0.119 e. The molecule has 2 aromatic rings. The molecule has 2 aromatic carbocycles. The molecule has 0 radical (unpaired) electrons. The zero-order valence-corrected chi connectivity index (χ0v) is 9.89. The quantitative estimate of drug-likeness (QED) is 0.861. The van der Waals surface area contributed by atoms with E-state index in [0.717, 1.165) is 29.9 Å². The summed E-state index contributed by atoms with van der Waals surface area (Å²) in [7, 11) is 0. The van der Waals surface area contributed by atoms with Crippen molar-refractivity contribution < 1.29 is 9.84 Å². The van der Waals surface area contributed by atoms with Crippen molar-refractivity contribution in [2.24, 2.45) is 0 Å². The second-order valence-electron chi connectivity index (χ2n) is 3.92. The molecule has 0 saturated heterocycles. The van der Waals surface area contributed by atoms with Crippen LogP contribution < -0.4 is 4.74 Å². The maximum atomic E-state index is 9.42. The van der Waals surface area contributed by atoms with Crippen LogP contribution >= 0.6 is 0 Å². The van der Waals surface area contributed by atoms with Gasteiger partial charge in [-0.2, -0.15) is 0 Å². The van der Waals surface area contributed by atoms with E-state index in [1.165, 1.54) is 0 Å². The first-order chi connectivity index (χ1) is 8.29. The topological polar surface area (TPSA) is 29.5 Å². The highest BCUT2D eigenvalue weighted by Gasteiger charge is 1.99. The molecule has 0 heterocycles. The summed E-state index contributed by atoms with van der Waals surface area (Å²) >= 11 is 0. The third-order valence-electron chi connectivity index (χ3n) is 2.51. The Labute approximate surface area is 101 Å². The smallest absolute Gasteiger partial charge is 0.119 e. The minimum Gasteiger partial charge on any atom is -0.508 e. The normalized spacial score (nSPS) is 10.2. The highest BCUT2D eigenvalue weighted by atomic mass is 16.5. The molecule has 0 fully saturated rings. The largest absolute Gasteiger partial charge is 0.508 e. The zero-order valence-electron chi connectivity index (χ0n) is 9.89. The number of aromatic hydroxyl groups is 1. The van der Waals surface area contributed by atoms with Crippen LogP contribution in [0.25, 0.3) is 11.1 Å². The second kappa shape index (κ2) is 5.39. The van der Waals surface area contributed by atoms with Crippen molar-refractivity contribution in [3.8, 4) is 22.6 Å². The first-order valence-electron chi connectivity index (χ1n) is 5.82. The van der Waals surface area contributed by atoms with E-state index < -0.39 is 0 Å². The van der Waals surface area contributed by atoms with Gasteiger partial charge in [-0.25, -0.2) is 0 Å². The van der Waals surface area contributed by atoms with Gasteiger partial charge in [-0.3, -0.25) is 0 Å². The number of hydrogen-bond donors (Lipinski definition) is 1. The van der Waals surface area contributed by atoms with Crippen molar-refractivity contribution >= 4 is 0 Å². The number of benzene rings is 2. The lowest BCUT2D eigenvalue weighted by atomic mass is 10.1. The minimum absolute atomic E-state index is 0.286.